The quantitative estimate of drug-likeness (QED) is 0.197. The van der Waals surface area contributed by atoms with Crippen LogP contribution in [0.25, 0.3) is 11.0 Å². The number of benzene rings is 2. The van der Waals surface area contributed by atoms with Crippen molar-refractivity contribution in [2.45, 2.75) is 43.9 Å². The molecule has 1 aliphatic heterocycles. The second kappa shape index (κ2) is 10.5. The van der Waals surface area contributed by atoms with Crippen molar-refractivity contribution in [3.63, 3.8) is 0 Å². The number of fused-ring (bicyclic) bond motifs is 1. The van der Waals surface area contributed by atoms with Crippen LogP contribution in [0.15, 0.2) is 30.3 Å². The third kappa shape index (κ3) is 5.55. The number of anilines is 2. The van der Waals surface area contributed by atoms with Gasteiger partial charge in [-0.2, -0.15) is 4.47 Å². The van der Waals surface area contributed by atoms with Crippen LogP contribution in [0.2, 0.25) is 10.0 Å². The number of nitrogens with one attached hydrogen (secondary N) is 1. The van der Waals surface area contributed by atoms with Crippen LogP contribution in [0.3, 0.4) is 0 Å². The lowest BCUT2D eigenvalue weighted by molar-refractivity contribution is -0.0220. The van der Waals surface area contributed by atoms with Gasteiger partial charge in [-0.3, -0.25) is 5.21 Å². The Kier molecular flexibility index (Phi) is 7.56. The van der Waals surface area contributed by atoms with Crippen LogP contribution in [-0.2, 0) is 0 Å². The number of rotatable bonds is 9. The molecule has 6 nitrogen and oxygen atoms in total. The summed E-state index contributed by atoms with van der Waals surface area (Å²) in [6.07, 6.45) is 2.39. The van der Waals surface area contributed by atoms with Crippen LogP contribution in [0, 0.1) is 5.92 Å². The molecule has 194 valence electrons. The zero-order valence-corrected chi connectivity index (χ0v) is 21.9. The molecule has 2 aliphatic rings. The van der Waals surface area contributed by atoms with E-state index in [0.717, 1.165) is 11.3 Å². The molecule has 1 saturated carbocycles. The van der Waals surface area contributed by atoms with E-state index in [9.17, 15) is 19.1 Å². The highest BCUT2D eigenvalue weighted by molar-refractivity contribution is 8.00. The van der Waals surface area contributed by atoms with Gasteiger partial charge in [0.05, 0.1) is 32.5 Å². The first-order valence-electron chi connectivity index (χ1n) is 12.1. The summed E-state index contributed by atoms with van der Waals surface area (Å²) in [5, 5.41) is 20.8. The van der Waals surface area contributed by atoms with Crippen LogP contribution in [0.1, 0.15) is 49.4 Å². The molecule has 1 unspecified atom stereocenters. The molecule has 0 bridgehead atoms. The Balaban J connectivity index is 1.40. The number of nitrogens with zero attached hydrogens (tertiary/aromatic N) is 3. The van der Waals surface area contributed by atoms with Gasteiger partial charge in [-0.15, -0.1) is 0 Å². The smallest absolute Gasteiger partial charge is 0.251 e. The molecule has 0 radical (unpaired) electrons. The van der Waals surface area contributed by atoms with Crippen LogP contribution in [-0.4, -0.2) is 51.7 Å². The minimum absolute atomic E-state index is 0.0471. The van der Waals surface area contributed by atoms with Crippen LogP contribution >= 0.6 is 35.1 Å². The fraction of sp³-hybridized carbons (Fsp3) is 0.480. The molecule has 11 heteroatoms. The number of imidazole rings is 1. The maximum atomic E-state index is 13.7. The number of aromatic amines is 1. The second-order valence-electron chi connectivity index (χ2n) is 9.55. The summed E-state index contributed by atoms with van der Waals surface area (Å²) < 4.78 is 28.5. The zero-order valence-electron chi connectivity index (χ0n) is 19.6. The standard InChI is InChI=1S/C25H28Cl2F2N4O2S/c26-19-13-20-22(21(27)23(19)32-10-8-25(28,29)9-11-32)31-24(30-20)18(7-12-34)16-3-5-17(6-4-16)33(35)36-14-15-1-2-15/h3-6,13,15,18,34-35H,1-2,7-12,14H2,(H,30,31). The average molecular weight is 557 g/mol. The van der Waals surface area contributed by atoms with Crippen molar-refractivity contribution in [2.75, 3.05) is 34.8 Å². The summed E-state index contributed by atoms with van der Waals surface area (Å²) >= 11 is 14.7. The molecule has 5 rings (SSSR count). The number of aliphatic hydroxyl groups is 1. The summed E-state index contributed by atoms with van der Waals surface area (Å²) in [5.41, 5.74) is 3.30. The third-order valence-electron chi connectivity index (χ3n) is 6.87. The molecular formula is C25H28Cl2F2N4O2S. The highest BCUT2D eigenvalue weighted by Crippen LogP contribution is 2.43. The zero-order chi connectivity index (χ0) is 25.4. The Labute approximate surface area is 222 Å². The normalized spacial score (nSPS) is 18.6. The first kappa shape index (κ1) is 25.9. The summed E-state index contributed by atoms with van der Waals surface area (Å²) in [6, 6.07) is 9.21. The van der Waals surface area contributed by atoms with Crippen LogP contribution < -0.4 is 9.37 Å². The van der Waals surface area contributed by atoms with Gasteiger partial charge in [0.1, 0.15) is 5.82 Å². The molecule has 36 heavy (non-hydrogen) atoms. The van der Waals surface area contributed by atoms with Gasteiger partial charge >= 0.3 is 0 Å². The van der Waals surface area contributed by atoms with Gasteiger partial charge in [0.15, 0.2) is 0 Å². The molecule has 3 N–H and O–H groups in total. The molecule has 2 aromatic carbocycles. The highest BCUT2D eigenvalue weighted by atomic mass is 35.5. The van der Waals surface area contributed by atoms with E-state index in [-0.39, 0.29) is 38.5 Å². The fourth-order valence-corrected chi connectivity index (χ4v) is 6.25. The van der Waals surface area contributed by atoms with E-state index in [2.05, 4.69) is 4.98 Å². The number of hydrogen-bond donors (Lipinski definition) is 3. The molecular weight excluding hydrogens is 529 g/mol. The molecule has 2 heterocycles. The van der Waals surface area contributed by atoms with Crippen molar-refractivity contribution in [3.8, 4) is 0 Å². The summed E-state index contributed by atoms with van der Waals surface area (Å²) in [4.78, 5) is 9.81. The predicted octanol–water partition coefficient (Wildman–Crippen LogP) is 6.87. The average Bonchev–Trinajstić information content (AvgIpc) is 3.59. The second-order valence-corrected chi connectivity index (χ2v) is 11.3. The minimum Gasteiger partial charge on any atom is -0.396 e. The van der Waals surface area contributed by atoms with Gasteiger partial charge in [0.25, 0.3) is 5.92 Å². The SMILES string of the molecule is OCCC(c1ccc(N(O)SCC2CC2)cc1)c1nc2cc(Cl)c(N3CCC(F)(F)CC3)c(Cl)c2[nH]1. The Hall–Kier alpha value is -1.78. The van der Waals surface area contributed by atoms with Crippen molar-refractivity contribution in [1.82, 2.24) is 9.97 Å². The van der Waals surface area contributed by atoms with Crippen molar-refractivity contribution in [1.29, 1.82) is 0 Å². The van der Waals surface area contributed by atoms with Gasteiger partial charge in [0, 0.05) is 44.2 Å². The molecule has 3 aromatic rings. The maximum Gasteiger partial charge on any atom is 0.251 e. The van der Waals surface area contributed by atoms with Gasteiger partial charge in [0.2, 0.25) is 0 Å². The van der Waals surface area contributed by atoms with Gasteiger partial charge in [-0.1, -0.05) is 35.3 Å². The van der Waals surface area contributed by atoms with E-state index in [1.54, 1.807) is 11.0 Å². The Morgan fingerprint density at radius 2 is 1.89 bits per heavy atom. The Morgan fingerprint density at radius 1 is 1.19 bits per heavy atom. The molecule has 1 aliphatic carbocycles. The Bertz CT molecular complexity index is 1210. The maximum absolute atomic E-state index is 13.7. The summed E-state index contributed by atoms with van der Waals surface area (Å²) in [5.74, 6) is -0.694. The molecule has 1 saturated heterocycles. The van der Waals surface area contributed by atoms with E-state index in [1.807, 2.05) is 24.3 Å². The minimum atomic E-state index is -2.67. The van der Waals surface area contributed by atoms with Crippen molar-refractivity contribution in [2.24, 2.45) is 5.92 Å². The van der Waals surface area contributed by atoms with E-state index in [0.29, 0.717) is 50.6 Å². The predicted molar refractivity (Wildman–Crippen MR) is 142 cm³/mol. The van der Waals surface area contributed by atoms with Crippen molar-refractivity contribution in [3.05, 3.63) is 51.8 Å². The lowest BCUT2D eigenvalue weighted by Gasteiger charge is -2.34. The number of halogens is 4. The molecule has 0 amide bonds. The number of alkyl halides is 2. The van der Waals surface area contributed by atoms with Crippen LogP contribution in [0.5, 0.6) is 0 Å². The van der Waals surface area contributed by atoms with Crippen molar-refractivity contribution < 1.29 is 19.1 Å². The topological polar surface area (TPSA) is 75.6 Å². The number of hydrogen-bond acceptors (Lipinski definition) is 6. The fourth-order valence-electron chi connectivity index (χ4n) is 4.56. The molecule has 1 aromatic heterocycles. The van der Waals surface area contributed by atoms with E-state index in [4.69, 9.17) is 28.2 Å². The summed E-state index contributed by atoms with van der Waals surface area (Å²) in [7, 11) is 0. The first-order chi connectivity index (χ1) is 17.3. The molecule has 2 fully saturated rings. The van der Waals surface area contributed by atoms with Gasteiger partial charge in [-0.05, 0) is 60.9 Å². The van der Waals surface area contributed by atoms with Crippen molar-refractivity contribution >= 4 is 57.6 Å². The number of H-pyrrole nitrogens is 1. The lowest BCUT2D eigenvalue weighted by Crippen LogP contribution is -2.39. The van der Waals surface area contributed by atoms with E-state index < -0.39 is 5.92 Å². The van der Waals surface area contributed by atoms with Gasteiger partial charge in [-0.25, -0.2) is 13.8 Å². The first-order valence-corrected chi connectivity index (χ1v) is 13.8. The Morgan fingerprint density at radius 3 is 2.53 bits per heavy atom. The largest absolute Gasteiger partial charge is 0.396 e. The number of piperidine rings is 1. The number of aliphatic hydroxyl groups excluding tert-OH is 1. The van der Waals surface area contributed by atoms with E-state index in [1.165, 1.54) is 29.3 Å². The monoisotopic (exact) mass is 556 g/mol. The molecule has 1 atom stereocenters. The van der Waals surface area contributed by atoms with Crippen LogP contribution in [0.4, 0.5) is 20.2 Å². The number of aromatic nitrogens is 2. The lowest BCUT2D eigenvalue weighted by atomic mass is 9.95. The summed E-state index contributed by atoms with van der Waals surface area (Å²) in [6.45, 7) is 0.285. The van der Waals surface area contributed by atoms with Gasteiger partial charge < -0.3 is 15.0 Å². The molecule has 0 spiro atoms. The third-order valence-corrected chi connectivity index (χ3v) is 8.60. The van der Waals surface area contributed by atoms with E-state index >= 15 is 0 Å². The highest BCUT2D eigenvalue weighted by Gasteiger charge is 2.35.